The van der Waals surface area contributed by atoms with Crippen LogP contribution in [-0.2, 0) is 6.42 Å². The van der Waals surface area contributed by atoms with E-state index in [-0.39, 0.29) is 0 Å². The van der Waals surface area contributed by atoms with Gasteiger partial charge in [-0.1, -0.05) is 35.9 Å². The standard InChI is InChI=1S/C24H25ClN6O/c1-17-15-23(30-13-11-29(12-14-30)20-5-3-4-6-21(20)32-2)31-24(26-17)27-22(28-31)16-18-7-9-19(25)10-8-18/h3-10,15H,11-14,16H2,1-2H3. The number of benzene rings is 2. The summed E-state index contributed by atoms with van der Waals surface area (Å²) in [6, 6.07) is 18.1. The molecular formula is C24H25ClN6O. The normalized spacial score (nSPS) is 14.2. The molecule has 7 nitrogen and oxygen atoms in total. The van der Waals surface area contributed by atoms with Crippen LogP contribution in [0.4, 0.5) is 11.5 Å². The van der Waals surface area contributed by atoms with Crippen LogP contribution in [0, 0.1) is 6.92 Å². The molecule has 1 aliphatic heterocycles. The van der Waals surface area contributed by atoms with Gasteiger partial charge in [0.05, 0.1) is 12.8 Å². The Morgan fingerprint density at radius 1 is 0.938 bits per heavy atom. The monoisotopic (exact) mass is 448 g/mol. The summed E-state index contributed by atoms with van der Waals surface area (Å²) in [5.74, 6) is 3.32. The molecule has 5 rings (SSSR count). The zero-order valence-corrected chi connectivity index (χ0v) is 19.0. The first kappa shape index (κ1) is 20.6. The molecule has 8 heteroatoms. The van der Waals surface area contributed by atoms with Gasteiger partial charge in [-0.15, -0.1) is 5.10 Å². The minimum Gasteiger partial charge on any atom is -0.495 e. The lowest BCUT2D eigenvalue weighted by molar-refractivity contribution is 0.413. The molecule has 0 aliphatic carbocycles. The maximum atomic E-state index is 6.01. The number of halogens is 1. The molecule has 0 amide bonds. The number of para-hydroxylation sites is 2. The number of aryl methyl sites for hydroxylation is 1. The molecule has 0 bridgehead atoms. The number of aromatic nitrogens is 4. The van der Waals surface area contributed by atoms with Crippen LogP contribution in [-0.4, -0.2) is 52.9 Å². The van der Waals surface area contributed by atoms with Crippen molar-refractivity contribution in [2.45, 2.75) is 13.3 Å². The summed E-state index contributed by atoms with van der Waals surface area (Å²) in [6.45, 7) is 5.55. The van der Waals surface area contributed by atoms with Crippen molar-refractivity contribution in [3.8, 4) is 5.75 Å². The highest BCUT2D eigenvalue weighted by atomic mass is 35.5. The van der Waals surface area contributed by atoms with Crippen LogP contribution < -0.4 is 14.5 Å². The summed E-state index contributed by atoms with van der Waals surface area (Å²) in [4.78, 5) is 14.0. The summed E-state index contributed by atoms with van der Waals surface area (Å²) < 4.78 is 7.42. The first-order chi connectivity index (χ1) is 15.6. The van der Waals surface area contributed by atoms with Gasteiger partial charge in [0.25, 0.3) is 5.78 Å². The average molecular weight is 449 g/mol. The van der Waals surface area contributed by atoms with Gasteiger partial charge in [-0.2, -0.15) is 9.50 Å². The second kappa shape index (κ2) is 8.67. The smallest absolute Gasteiger partial charge is 0.254 e. The summed E-state index contributed by atoms with van der Waals surface area (Å²) in [5, 5.41) is 5.51. The Labute approximate surface area is 192 Å². The lowest BCUT2D eigenvalue weighted by Crippen LogP contribution is -2.47. The number of hydrogen-bond acceptors (Lipinski definition) is 6. The number of nitrogens with zero attached hydrogens (tertiary/aromatic N) is 6. The SMILES string of the molecule is COc1ccccc1N1CCN(c2cc(C)nc3nc(Cc4ccc(Cl)cc4)nn23)CC1. The fourth-order valence-corrected chi connectivity index (χ4v) is 4.29. The van der Waals surface area contributed by atoms with Gasteiger partial charge in [0.15, 0.2) is 5.82 Å². The van der Waals surface area contributed by atoms with Gasteiger partial charge in [0, 0.05) is 49.4 Å². The van der Waals surface area contributed by atoms with E-state index in [2.05, 4.69) is 38.0 Å². The molecule has 164 valence electrons. The van der Waals surface area contributed by atoms with Gasteiger partial charge in [-0.05, 0) is 36.8 Å². The molecule has 1 fully saturated rings. The van der Waals surface area contributed by atoms with Crippen LogP contribution in [0.5, 0.6) is 5.75 Å². The van der Waals surface area contributed by atoms with Crippen molar-refractivity contribution in [1.29, 1.82) is 0 Å². The van der Waals surface area contributed by atoms with Crippen molar-refractivity contribution >= 4 is 28.9 Å². The molecule has 1 aliphatic rings. The number of hydrogen-bond donors (Lipinski definition) is 0. The van der Waals surface area contributed by atoms with Gasteiger partial charge >= 0.3 is 0 Å². The third-order valence-electron chi connectivity index (χ3n) is 5.77. The van der Waals surface area contributed by atoms with Crippen LogP contribution in [0.3, 0.4) is 0 Å². The number of fused-ring (bicyclic) bond motifs is 1. The number of ether oxygens (including phenoxy) is 1. The van der Waals surface area contributed by atoms with E-state index in [9.17, 15) is 0 Å². The summed E-state index contributed by atoms with van der Waals surface area (Å²) in [7, 11) is 1.72. The van der Waals surface area contributed by atoms with E-state index in [0.29, 0.717) is 12.2 Å². The largest absolute Gasteiger partial charge is 0.495 e. The Balaban J connectivity index is 1.38. The Kier molecular flexibility index (Phi) is 5.57. The van der Waals surface area contributed by atoms with E-state index in [1.807, 2.05) is 47.8 Å². The van der Waals surface area contributed by atoms with Crippen molar-refractivity contribution in [1.82, 2.24) is 19.6 Å². The zero-order chi connectivity index (χ0) is 22.1. The number of rotatable bonds is 5. The van der Waals surface area contributed by atoms with Gasteiger partial charge in [0.1, 0.15) is 11.6 Å². The first-order valence-electron chi connectivity index (χ1n) is 10.7. The van der Waals surface area contributed by atoms with E-state index in [0.717, 1.165) is 65.5 Å². The molecule has 0 spiro atoms. The highest BCUT2D eigenvalue weighted by Gasteiger charge is 2.22. The van der Waals surface area contributed by atoms with Gasteiger partial charge < -0.3 is 14.5 Å². The maximum absolute atomic E-state index is 6.01. The van der Waals surface area contributed by atoms with E-state index in [1.165, 1.54) is 0 Å². The highest BCUT2D eigenvalue weighted by Crippen LogP contribution is 2.29. The quantitative estimate of drug-likeness (QED) is 0.459. The third-order valence-corrected chi connectivity index (χ3v) is 6.02. The van der Waals surface area contributed by atoms with Crippen LogP contribution in [0.2, 0.25) is 5.02 Å². The molecular weight excluding hydrogens is 424 g/mol. The molecule has 0 N–H and O–H groups in total. The minimum absolute atomic E-state index is 0.635. The van der Waals surface area contributed by atoms with E-state index >= 15 is 0 Å². The average Bonchev–Trinajstić information content (AvgIpc) is 3.22. The Hall–Kier alpha value is -3.32. The second-order valence-corrected chi connectivity index (χ2v) is 8.38. The number of methoxy groups -OCH3 is 1. The van der Waals surface area contributed by atoms with E-state index < -0.39 is 0 Å². The lowest BCUT2D eigenvalue weighted by atomic mass is 10.1. The third kappa shape index (κ3) is 4.08. The Bertz CT molecular complexity index is 1230. The van der Waals surface area contributed by atoms with Crippen LogP contribution in [0.1, 0.15) is 17.1 Å². The molecule has 0 atom stereocenters. The number of anilines is 2. The highest BCUT2D eigenvalue weighted by molar-refractivity contribution is 6.30. The van der Waals surface area contributed by atoms with Gasteiger partial charge in [0.2, 0.25) is 0 Å². The Morgan fingerprint density at radius 2 is 1.66 bits per heavy atom. The van der Waals surface area contributed by atoms with Crippen molar-refractivity contribution < 1.29 is 4.74 Å². The van der Waals surface area contributed by atoms with Crippen molar-refractivity contribution in [3.63, 3.8) is 0 Å². The van der Waals surface area contributed by atoms with E-state index in [4.69, 9.17) is 21.4 Å². The fourth-order valence-electron chi connectivity index (χ4n) is 4.16. The molecule has 1 saturated heterocycles. The zero-order valence-electron chi connectivity index (χ0n) is 18.2. The van der Waals surface area contributed by atoms with Gasteiger partial charge in [-0.3, -0.25) is 0 Å². The maximum Gasteiger partial charge on any atom is 0.254 e. The fraction of sp³-hybridized carbons (Fsp3) is 0.292. The molecule has 4 aromatic rings. The molecule has 3 heterocycles. The molecule has 0 radical (unpaired) electrons. The van der Waals surface area contributed by atoms with Crippen molar-refractivity contribution in [3.05, 3.63) is 76.7 Å². The molecule has 32 heavy (non-hydrogen) atoms. The lowest BCUT2D eigenvalue weighted by Gasteiger charge is -2.37. The first-order valence-corrected chi connectivity index (χ1v) is 11.1. The minimum atomic E-state index is 0.635. The predicted molar refractivity (Wildman–Crippen MR) is 127 cm³/mol. The molecule has 0 saturated carbocycles. The van der Waals surface area contributed by atoms with Crippen LogP contribution in [0.25, 0.3) is 5.78 Å². The predicted octanol–water partition coefficient (Wildman–Crippen LogP) is 4.01. The summed E-state index contributed by atoms with van der Waals surface area (Å²) in [5.41, 5.74) is 3.19. The Morgan fingerprint density at radius 3 is 2.41 bits per heavy atom. The van der Waals surface area contributed by atoms with Crippen LogP contribution in [0.15, 0.2) is 54.6 Å². The summed E-state index contributed by atoms with van der Waals surface area (Å²) >= 11 is 6.01. The van der Waals surface area contributed by atoms with Crippen molar-refractivity contribution in [2.24, 2.45) is 0 Å². The molecule has 2 aromatic carbocycles. The van der Waals surface area contributed by atoms with Crippen LogP contribution >= 0.6 is 11.6 Å². The van der Waals surface area contributed by atoms with Crippen molar-refractivity contribution in [2.75, 3.05) is 43.1 Å². The second-order valence-electron chi connectivity index (χ2n) is 7.94. The molecule has 2 aromatic heterocycles. The van der Waals surface area contributed by atoms with E-state index in [1.54, 1.807) is 7.11 Å². The van der Waals surface area contributed by atoms with Gasteiger partial charge in [-0.25, -0.2) is 4.98 Å². The summed E-state index contributed by atoms with van der Waals surface area (Å²) in [6.07, 6.45) is 0.639. The number of piperazine rings is 1. The molecule has 0 unspecified atom stereocenters. The topological polar surface area (TPSA) is 58.8 Å².